The number of nitrogens with one attached hydrogen (secondary N) is 3. The van der Waals surface area contributed by atoms with Gasteiger partial charge in [0.25, 0.3) is 0 Å². The summed E-state index contributed by atoms with van der Waals surface area (Å²) in [7, 11) is 1.63. The highest BCUT2D eigenvalue weighted by molar-refractivity contribution is 7.90. The third-order valence-electron chi connectivity index (χ3n) is 9.16. The van der Waals surface area contributed by atoms with Crippen LogP contribution in [0.25, 0.3) is 0 Å². The first-order valence-electron chi connectivity index (χ1n) is 15.6. The first-order valence-corrected chi connectivity index (χ1v) is 17.2. The molecule has 6 rings (SSSR count). The summed E-state index contributed by atoms with van der Waals surface area (Å²) in [6.07, 6.45) is 3.71. The van der Waals surface area contributed by atoms with Crippen LogP contribution in [-0.2, 0) is 26.4 Å². The van der Waals surface area contributed by atoms with Crippen LogP contribution in [0.4, 0.5) is 15.9 Å². The van der Waals surface area contributed by atoms with Gasteiger partial charge in [0, 0.05) is 37.6 Å². The van der Waals surface area contributed by atoms with E-state index >= 15 is 4.39 Å². The Morgan fingerprint density at radius 3 is 2.70 bits per heavy atom. The van der Waals surface area contributed by atoms with E-state index in [0.29, 0.717) is 47.8 Å². The second kappa shape index (κ2) is 13.1. The quantitative estimate of drug-likeness (QED) is 0.264. The van der Waals surface area contributed by atoms with Crippen molar-refractivity contribution >= 4 is 40.4 Å². The molecule has 1 saturated carbocycles. The minimum atomic E-state index is -1.56. The number of anilines is 2. The second-order valence-electron chi connectivity index (χ2n) is 13.3. The van der Waals surface area contributed by atoms with Gasteiger partial charge in [0.1, 0.15) is 33.8 Å². The molecule has 2 aliphatic heterocycles. The lowest BCUT2D eigenvalue weighted by Gasteiger charge is -2.39. The zero-order valence-corrected chi connectivity index (χ0v) is 28.3. The van der Waals surface area contributed by atoms with E-state index < -0.39 is 33.5 Å². The molecule has 3 aliphatic rings. The predicted molar refractivity (Wildman–Crippen MR) is 181 cm³/mol. The number of aromatic nitrogens is 1. The topological polar surface area (TPSA) is 125 Å². The monoisotopic (exact) mass is 676 g/mol. The summed E-state index contributed by atoms with van der Waals surface area (Å²) >= 11 is 4.56. The Kier molecular flexibility index (Phi) is 9.26. The van der Waals surface area contributed by atoms with Crippen molar-refractivity contribution in [1.29, 1.82) is 5.26 Å². The summed E-state index contributed by atoms with van der Waals surface area (Å²) in [4.78, 5) is 20.5. The minimum absolute atomic E-state index is 0.0170. The van der Waals surface area contributed by atoms with Crippen LogP contribution in [0.5, 0.6) is 0 Å². The van der Waals surface area contributed by atoms with E-state index in [4.69, 9.17) is 16.3 Å². The lowest BCUT2D eigenvalue weighted by molar-refractivity contribution is -0.119. The lowest BCUT2D eigenvalue weighted by Crippen LogP contribution is -2.52. The van der Waals surface area contributed by atoms with Crippen LogP contribution in [0.1, 0.15) is 63.1 Å². The fourth-order valence-electron chi connectivity index (χ4n) is 6.43. The molecule has 12 heteroatoms. The number of methoxy groups -OCH3 is 1. The number of nitriles is 1. The fraction of sp³-hybridized carbons (Fsp3) is 0.400. The van der Waals surface area contributed by atoms with E-state index in [1.54, 1.807) is 55.8 Å². The third-order valence-corrected chi connectivity index (χ3v) is 11.0. The number of fused-ring (bicyclic) bond motifs is 4. The Labute approximate surface area is 282 Å². The number of amides is 1. The van der Waals surface area contributed by atoms with Gasteiger partial charge in [-0.3, -0.25) is 4.79 Å². The largest absolute Gasteiger partial charge is 0.598 e. The maximum atomic E-state index is 15.5. The number of pyridine rings is 1. The van der Waals surface area contributed by atoms with Crippen molar-refractivity contribution in [3.05, 3.63) is 99.7 Å². The molecular formula is C35H38ClFN6O3S. The van der Waals surface area contributed by atoms with Crippen molar-refractivity contribution in [2.45, 2.75) is 68.9 Å². The van der Waals surface area contributed by atoms with Crippen molar-refractivity contribution in [2.24, 2.45) is 5.92 Å². The van der Waals surface area contributed by atoms with E-state index in [1.165, 1.54) is 6.07 Å². The molecular weight excluding hydrogens is 639 g/mol. The number of carbonyl (C=O) groups excluding carboxylic acids is 1. The molecule has 9 nitrogen and oxygen atoms in total. The molecule has 0 radical (unpaired) electrons. The van der Waals surface area contributed by atoms with Gasteiger partial charge in [-0.15, -0.1) is 4.72 Å². The van der Waals surface area contributed by atoms with Crippen molar-refractivity contribution in [1.82, 2.24) is 14.6 Å². The first-order chi connectivity index (χ1) is 22.4. The summed E-state index contributed by atoms with van der Waals surface area (Å²) < 4.78 is 38.0. The first kappa shape index (κ1) is 33.2. The highest BCUT2D eigenvalue weighted by Gasteiger charge is 2.47. The van der Waals surface area contributed by atoms with Crippen molar-refractivity contribution in [3.8, 4) is 6.07 Å². The van der Waals surface area contributed by atoms with Crippen LogP contribution in [0.15, 0.2) is 72.2 Å². The van der Waals surface area contributed by atoms with Gasteiger partial charge < -0.3 is 24.8 Å². The summed E-state index contributed by atoms with van der Waals surface area (Å²) in [5, 5.41) is 16.6. The standard InChI is InChI=1S/C35H38ClFN6O3S/c1-34(2,3)47(45)42-35(23-7-5-6-21(14-23)18-38)13-12-22-15-27(22)32(41-31-11-9-25(36)19-39-31)43-20-26(46-4)17-30(43)33(44)40-29-16-24(35)8-10-28(29)37/h5-11,14,16,19,22,26,30,42H,12-13,15,17,20H2,1-4H3,(H,39,41)(H,40,44)/b32-27-/t22?,26-,30-,35?,47-/m1/s1. The van der Waals surface area contributed by atoms with Gasteiger partial charge in [-0.2, -0.15) is 5.26 Å². The highest BCUT2D eigenvalue weighted by atomic mass is 35.5. The van der Waals surface area contributed by atoms with Crippen LogP contribution in [0.2, 0.25) is 5.02 Å². The van der Waals surface area contributed by atoms with Crippen LogP contribution in [0, 0.1) is 23.1 Å². The normalized spacial score (nSPS) is 26.5. The van der Waals surface area contributed by atoms with Crippen molar-refractivity contribution in [3.63, 3.8) is 0 Å². The average molecular weight is 677 g/mol. The van der Waals surface area contributed by atoms with E-state index in [0.717, 1.165) is 23.4 Å². The molecule has 47 heavy (non-hydrogen) atoms. The van der Waals surface area contributed by atoms with Crippen LogP contribution < -0.4 is 15.4 Å². The van der Waals surface area contributed by atoms with Crippen LogP contribution >= 0.6 is 11.6 Å². The van der Waals surface area contributed by atoms with Gasteiger partial charge in [0.15, 0.2) is 0 Å². The number of hydrogen-bond donors (Lipinski definition) is 3. The lowest BCUT2D eigenvalue weighted by atomic mass is 9.78. The Balaban J connectivity index is 1.51. The molecule has 2 bridgehead atoms. The fourth-order valence-corrected chi connectivity index (χ4v) is 7.50. The molecule has 2 unspecified atom stereocenters. The Bertz CT molecular complexity index is 1740. The number of hydrogen-bond acceptors (Lipinski definition) is 8. The summed E-state index contributed by atoms with van der Waals surface area (Å²) in [5.41, 5.74) is 1.88. The molecule has 1 saturated heterocycles. The molecule has 3 N–H and O–H groups in total. The maximum Gasteiger partial charge on any atom is 0.247 e. The third kappa shape index (κ3) is 6.84. The number of halogens is 2. The maximum absolute atomic E-state index is 15.5. The molecule has 3 heterocycles. The van der Waals surface area contributed by atoms with Gasteiger partial charge in [-0.25, -0.2) is 9.37 Å². The second-order valence-corrected chi connectivity index (χ2v) is 15.7. The summed E-state index contributed by atoms with van der Waals surface area (Å²) in [6.45, 7) is 6.11. The minimum Gasteiger partial charge on any atom is -0.598 e. The Hall–Kier alpha value is -3.66. The molecule has 2 aromatic carbocycles. The zero-order chi connectivity index (χ0) is 33.5. The molecule has 246 valence electrons. The number of carbonyl (C=O) groups is 1. The van der Waals surface area contributed by atoms with Gasteiger partial charge in [-0.05, 0) is 99.0 Å². The SMILES string of the molecule is CO[C@@H]1C[C@@H]2C(=O)Nc3cc(ccc3F)C(N[S@+]([O-])C(C)(C)C)(c3cccc(C#N)c3)CCC3C/C3=C(\Nc3ccc(Cl)cn3)N2C1. The molecule has 2 fully saturated rings. The number of nitrogens with zero attached hydrogens (tertiary/aromatic N) is 3. The summed E-state index contributed by atoms with van der Waals surface area (Å²) in [6, 6.07) is 16.9. The Morgan fingerprint density at radius 1 is 1.21 bits per heavy atom. The average Bonchev–Trinajstić information content (AvgIpc) is 3.69. The number of ether oxygens (including phenoxy) is 1. The van der Waals surface area contributed by atoms with Crippen molar-refractivity contribution < 1.29 is 18.5 Å². The summed E-state index contributed by atoms with van der Waals surface area (Å²) in [5.74, 6) is 0.531. The van der Waals surface area contributed by atoms with Gasteiger partial charge >= 0.3 is 0 Å². The van der Waals surface area contributed by atoms with E-state index in [1.807, 2.05) is 31.7 Å². The number of allylic oxidation sites excluding steroid dienone is 1. The predicted octanol–water partition coefficient (Wildman–Crippen LogP) is 6.21. The molecule has 0 spiro atoms. The number of rotatable bonds is 6. The zero-order valence-electron chi connectivity index (χ0n) is 26.8. The van der Waals surface area contributed by atoms with Gasteiger partial charge in [-0.1, -0.05) is 29.8 Å². The van der Waals surface area contributed by atoms with E-state index in [-0.39, 0.29) is 23.6 Å². The highest BCUT2D eigenvalue weighted by Crippen LogP contribution is 2.49. The number of benzene rings is 2. The van der Waals surface area contributed by atoms with E-state index in [9.17, 15) is 14.6 Å². The van der Waals surface area contributed by atoms with E-state index in [2.05, 4.69) is 26.4 Å². The van der Waals surface area contributed by atoms with Crippen molar-refractivity contribution in [2.75, 3.05) is 24.3 Å². The molecule has 1 aromatic heterocycles. The van der Waals surface area contributed by atoms with Gasteiger partial charge in [0.05, 0.1) is 28.4 Å². The van der Waals surface area contributed by atoms with Crippen LogP contribution in [0.3, 0.4) is 0 Å². The smallest absolute Gasteiger partial charge is 0.247 e. The molecule has 5 atom stereocenters. The molecule has 1 aliphatic carbocycles. The van der Waals surface area contributed by atoms with Gasteiger partial charge in [0.2, 0.25) is 5.91 Å². The molecule has 1 amide bonds. The Morgan fingerprint density at radius 2 is 2.00 bits per heavy atom. The molecule has 3 aromatic rings. The van der Waals surface area contributed by atoms with Crippen LogP contribution in [-0.4, -0.2) is 50.9 Å².